The van der Waals surface area contributed by atoms with Crippen LogP contribution >= 0.6 is 0 Å². The van der Waals surface area contributed by atoms with Crippen LogP contribution < -0.4 is 10.2 Å². The summed E-state index contributed by atoms with van der Waals surface area (Å²) in [6, 6.07) is 8.07. The average molecular weight is 408 g/mol. The molecule has 1 aliphatic heterocycles. The zero-order valence-corrected chi connectivity index (χ0v) is 16.3. The Morgan fingerprint density at radius 1 is 1.23 bits per heavy atom. The third kappa shape index (κ3) is 4.09. The number of hydrogen-bond acceptors (Lipinski definition) is 8. The molecular weight excluding hydrogens is 388 g/mol. The zero-order valence-electron chi connectivity index (χ0n) is 16.3. The van der Waals surface area contributed by atoms with Gasteiger partial charge in [-0.15, -0.1) is 10.2 Å². The zero-order chi connectivity index (χ0) is 21.1. The van der Waals surface area contributed by atoms with E-state index in [0.717, 1.165) is 19.4 Å². The number of hydrogen-bond donors (Lipinski definition) is 1. The summed E-state index contributed by atoms with van der Waals surface area (Å²) in [5, 5.41) is 26.3. The summed E-state index contributed by atoms with van der Waals surface area (Å²) in [5.41, 5.74) is 1.24. The van der Waals surface area contributed by atoms with Crippen LogP contribution in [0.25, 0.3) is 5.82 Å². The van der Waals surface area contributed by atoms with Crippen molar-refractivity contribution in [3.05, 3.63) is 58.7 Å². The molecule has 0 aliphatic carbocycles. The highest BCUT2D eigenvalue weighted by Gasteiger charge is 2.27. The molecule has 11 nitrogen and oxygen atoms in total. The number of aromatic nitrogens is 5. The van der Waals surface area contributed by atoms with Gasteiger partial charge in [-0.1, -0.05) is 0 Å². The number of benzene rings is 1. The molecule has 1 N–H and O–H groups in total. The molecule has 1 fully saturated rings. The second-order valence-electron chi connectivity index (χ2n) is 7.12. The molecule has 4 rings (SSSR count). The van der Waals surface area contributed by atoms with E-state index in [1.165, 1.54) is 23.1 Å². The van der Waals surface area contributed by atoms with E-state index in [2.05, 4.69) is 25.6 Å². The van der Waals surface area contributed by atoms with Gasteiger partial charge in [0.05, 0.1) is 10.8 Å². The van der Waals surface area contributed by atoms with Gasteiger partial charge in [0.25, 0.3) is 5.69 Å². The number of non-ortho nitro benzene ring substituents is 1. The lowest BCUT2D eigenvalue weighted by Crippen LogP contribution is -2.41. The SMILES string of the molecule is Cc1cc([N+](=O)[O-])ccc1NC(=O)C1CCCN(c2ccc(-n3cncn3)nn2)C1. The van der Waals surface area contributed by atoms with Crippen molar-refractivity contribution in [3.63, 3.8) is 0 Å². The molecule has 1 aromatic carbocycles. The Labute approximate surface area is 171 Å². The van der Waals surface area contributed by atoms with E-state index >= 15 is 0 Å². The van der Waals surface area contributed by atoms with Gasteiger partial charge in [-0.05, 0) is 43.5 Å². The predicted molar refractivity (Wildman–Crippen MR) is 108 cm³/mol. The Morgan fingerprint density at radius 3 is 2.70 bits per heavy atom. The highest BCUT2D eigenvalue weighted by molar-refractivity contribution is 5.93. The van der Waals surface area contributed by atoms with Crippen molar-refractivity contribution in [3.8, 4) is 5.82 Å². The lowest BCUT2D eigenvalue weighted by atomic mass is 9.97. The number of carbonyl (C=O) groups is 1. The van der Waals surface area contributed by atoms with E-state index in [4.69, 9.17) is 0 Å². The molecule has 0 radical (unpaired) electrons. The van der Waals surface area contributed by atoms with E-state index < -0.39 is 4.92 Å². The number of nitro benzene ring substituents is 1. The summed E-state index contributed by atoms with van der Waals surface area (Å²) in [5.74, 6) is 0.938. The number of nitrogens with zero attached hydrogens (tertiary/aromatic N) is 7. The van der Waals surface area contributed by atoms with Crippen LogP contribution in [0.2, 0.25) is 0 Å². The van der Waals surface area contributed by atoms with Crippen molar-refractivity contribution in [2.24, 2.45) is 5.92 Å². The fourth-order valence-corrected chi connectivity index (χ4v) is 3.47. The summed E-state index contributed by atoms with van der Waals surface area (Å²) >= 11 is 0. The van der Waals surface area contributed by atoms with Crippen molar-refractivity contribution >= 4 is 23.1 Å². The quantitative estimate of drug-likeness (QED) is 0.501. The van der Waals surface area contributed by atoms with E-state index in [-0.39, 0.29) is 17.5 Å². The molecular formula is C19H20N8O3. The maximum Gasteiger partial charge on any atom is 0.269 e. The van der Waals surface area contributed by atoms with Gasteiger partial charge in [0.15, 0.2) is 11.6 Å². The molecule has 3 heterocycles. The maximum absolute atomic E-state index is 12.8. The van der Waals surface area contributed by atoms with Crippen LogP contribution in [0.3, 0.4) is 0 Å². The van der Waals surface area contributed by atoms with E-state index in [0.29, 0.717) is 29.4 Å². The van der Waals surface area contributed by atoms with Gasteiger partial charge in [0.1, 0.15) is 12.7 Å². The monoisotopic (exact) mass is 408 g/mol. The Morgan fingerprint density at radius 2 is 2.03 bits per heavy atom. The number of nitro groups is 1. The second kappa shape index (κ2) is 8.23. The molecule has 1 unspecified atom stereocenters. The fourth-order valence-electron chi connectivity index (χ4n) is 3.47. The molecule has 0 spiro atoms. The smallest absolute Gasteiger partial charge is 0.269 e. The van der Waals surface area contributed by atoms with Crippen LogP contribution in [0.5, 0.6) is 0 Å². The Bertz CT molecular complexity index is 1050. The highest BCUT2D eigenvalue weighted by atomic mass is 16.6. The van der Waals surface area contributed by atoms with E-state index in [1.54, 1.807) is 25.4 Å². The Hall–Kier alpha value is -3.89. The Kier molecular flexibility index (Phi) is 5.33. The van der Waals surface area contributed by atoms with Gasteiger partial charge in [0, 0.05) is 30.9 Å². The number of amides is 1. The van der Waals surface area contributed by atoms with Gasteiger partial charge >= 0.3 is 0 Å². The number of rotatable bonds is 5. The second-order valence-corrected chi connectivity index (χ2v) is 7.12. The lowest BCUT2D eigenvalue weighted by molar-refractivity contribution is -0.384. The molecule has 1 saturated heterocycles. The van der Waals surface area contributed by atoms with Crippen LogP contribution in [0, 0.1) is 23.0 Å². The summed E-state index contributed by atoms with van der Waals surface area (Å²) in [6.45, 7) is 3.05. The van der Waals surface area contributed by atoms with Crippen molar-refractivity contribution in [1.29, 1.82) is 0 Å². The molecule has 1 atom stereocenters. The van der Waals surface area contributed by atoms with Gasteiger partial charge in [-0.2, -0.15) is 5.10 Å². The number of piperidine rings is 1. The summed E-state index contributed by atoms with van der Waals surface area (Å²) in [4.78, 5) is 29.2. The molecule has 0 saturated carbocycles. The summed E-state index contributed by atoms with van der Waals surface area (Å²) in [7, 11) is 0. The van der Waals surface area contributed by atoms with Crippen LogP contribution in [0.1, 0.15) is 18.4 Å². The van der Waals surface area contributed by atoms with Crippen molar-refractivity contribution in [2.45, 2.75) is 19.8 Å². The predicted octanol–water partition coefficient (Wildman–Crippen LogP) is 2.13. The average Bonchev–Trinajstić information content (AvgIpc) is 3.30. The van der Waals surface area contributed by atoms with Crippen molar-refractivity contribution in [2.75, 3.05) is 23.3 Å². The first-order valence-corrected chi connectivity index (χ1v) is 9.51. The molecule has 1 amide bonds. The first kappa shape index (κ1) is 19.4. The van der Waals surface area contributed by atoms with Crippen LogP contribution in [-0.4, -0.2) is 48.9 Å². The Balaban J connectivity index is 1.42. The third-order valence-corrected chi connectivity index (χ3v) is 5.08. The normalized spacial score (nSPS) is 16.3. The molecule has 11 heteroatoms. The molecule has 0 bridgehead atoms. The molecule has 30 heavy (non-hydrogen) atoms. The van der Waals surface area contributed by atoms with E-state index in [1.807, 2.05) is 11.0 Å². The minimum Gasteiger partial charge on any atom is -0.354 e. The molecule has 1 aliphatic rings. The van der Waals surface area contributed by atoms with Gasteiger partial charge < -0.3 is 10.2 Å². The van der Waals surface area contributed by atoms with Crippen LogP contribution in [0.15, 0.2) is 43.0 Å². The molecule has 3 aromatic rings. The third-order valence-electron chi connectivity index (χ3n) is 5.08. The van der Waals surface area contributed by atoms with E-state index in [9.17, 15) is 14.9 Å². The first-order valence-electron chi connectivity index (χ1n) is 9.51. The minimum atomic E-state index is -0.452. The van der Waals surface area contributed by atoms with Gasteiger partial charge in [0.2, 0.25) is 5.91 Å². The molecule has 154 valence electrons. The largest absolute Gasteiger partial charge is 0.354 e. The topological polar surface area (TPSA) is 132 Å². The summed E-state index contributed by atoms with van der Waals surface area (Å²) in [6.07, 6.45) is 4.59. The fraction of sp³-hybridized carbons (Fsp3) is 0.316. The van der Waals surface area contributed by atoms with Crippen LogP contribution in [-0.2, 0) is 4.79 Å². The number of aryl methyl sites for hydroxylation is 1. The van der Waals surface area contributed by atoms with Crippen molar-refractivity contribution < 1.29 is 9.72 Å². The first-order chi connectivity index (χ1) is 14.5. The standard InChI is InChI=1S/C19H20N8O3/c1-13-9-15(27(29)30)4-5-16(13)22-19(28)14-3-2-8-25(10-14)17-6-7-18(24-23-17)26-12-20-11-21-26/h4-7,9,11-12,14H,2-3,8,10H2,1H3,(H,22,28). The lowest BCUT2D eigenvalue weighted by Gasteiger charge is -2.32. The molecule has 2 aromatic heterocycles. The van der Waals surface area contributed by atoms with Gasteiger partial charge in [-0.3, -0.25) is 14.9 Å². The minimum absolute atomic E-state index is 0.00209. The number of anilines is 2. The maximum atomic E-state index is 12.8. The number of nitrogens with one attached hydrogen (secondary N) is 1. The van der Waals surface area contributed by atoms with Gasteiger partial charge in [-0.25, -0.2) is 9.67 Å². The highest BCUT2D eigenvalue weighted by Crippen LogP contribution is 2.25. The summed E-state index contributed by atoms with van der Waals surface area (Å²) < 4.78 is 1.52. The van der Waals surface area contributed by atoms with Crippen molar-refractivity contribution in [1.82, 2.24) is 25.0 Å². The van der Waals surface area contributed by atoms with Crippen LogP contribution in [0.4, 0.5) is 17.2 Å². The number of carbonyl (C=O) groups excluding carboxylic acids is 1.